The van der Waals surface area contributed by atoms with Crippen molar-refractivity contribution in [1.29, 1.82) is 0 Å². The van der Waals surface area contributed by atoms with Crippen molar-refractivity contribution in [3.63, 3.8) is 0 Å². The van der Waals surface area contributed by atoms with Crippen molar-refractivity contribution < 1.29 is 13.9 Å². The summed E-state index contributed by atoms with van der Waals surface area (Å²) in [5, 5.41) is 4.65. The van der Waals surface area contributed by atoms with Crippen LogP contribution in [0.3, 0.4) is 0 Å². The van der Waals surface area contributed by atoms with Crippen molar-refractivity contribution >= 4 is 22.9 Å². The van der Waals surface area contributed by atoms with Crippen molar-refractivity contribution in [2.75, 3.05) is 5.32 Å². The summed E-state index contributed by atoms with van der Waals surface area (Å²) < 4.78 is 19.5. The number of hydrogen-bond donors (Lipinski definition) is 1. The lowest BCUT2D eigenvalue weighted by Crippen LogP contribution is -2.10. The van der Waals surface area contributed by atoms with Crippen LogP contribution in [0, 0.1) is 12.7 Å². The summed E-state index contributed by atoms with van der Waals surface area (Å²) >= 11 is 1.35. The highest BCUT2D eigenvalue weighted by Crippen LogP contribution is 2.27. The highest BCUT2D eigenvalue weighted by atomic mass is 32.1. The lowest BCUT2D eigenvalue weighted by molar-refractivity contribution is 0.103. The van der Waals surface area contributed by atoms with Crippen LogP contribution in [0.15, 0.2) is 47.8 Å². The third-order valence-electron chi connectivity index (χ3n) is 4.78. The summed E-state index contributed by atoms with van der Waals surface area (Å²) in [5.41, 5.74) is 4.75. The van der Waals surface area contributed by atoms with Gasteiger partial charge in [-0.1, -0.05) is 12.1 Å². The van der Waals surface area contributed by atoms with Crippen molar-refractivity contribution in [2.45, 2.75) is 32.8 Å². The molecule has 138 valence electrons. The first-order chi connectivity index (χ1) is 13.1. The average Bonchev–Trinajstić information content (AvgIpc) is 3.31. The van der Waals surface area contributed by atoms with E-state index < -0.39 is 0 Å². The first kappa shape index (κ1) is 17.7. The zero-order valence-corrected chi connectivity index (χ0v) is 15.9. The van der Waals surface area contributed by atoms with Gasteiger partial charge < -0.3 is 10.1 Å². The summed E-state index contributed by atoms with van der Waals surface area (Å²) in [7, 11) is 0. The molecule has 0 aliphatic heterocycles. The second-order valence-electron chi connectivity index (χ2n) is 6.81. The molecule has 0 bridgehead atoms. The average molecular weight is 381 g/mol. The van der Waals surface area contributed by atoms with Crippen LogP contribution in [0.1, 0.15) is 38.3 Å². The van der Waals surface area contributed by atoms with Gasteiger partial charge in [0, 0.05) is 11.3 Å². The summed E-state index contributed by atoms with van der Waals surface area (Å²) in [6.45, 7) is 2.11. The van der Waals surface area contributed by atoms with Gasteiger partial charge in [0.1, 0.15) is 18.2 Å². The van der Waals surface area contributed by atoms with E-state index in [1.165, 1.54) is 35.0 Å². The van der Waals surface area contributed by atoms with Gasteiger partial charge in [0.25, 0.3) is 5.91 Å². The quantitative estimate of drug-likeness (QED) is 0.632. The molecule has 1 aliphatic carbocycles. The number of fused-ring (bicyclic) bond motifs is 1. The number of nitrogens with one attached hydrogen (secondary N) is 1. The Hall–Kier alpha value is -2.66. The van der Waals surface area contributed by atoms with Gasteiger partial charge >= 0.3 is 0 Å². The second-order valence-corrected chi connectivity index (χ2v) is 7.72. The highest BCUT2D eigenvalue weighted by molar-refractivity contribution is 7.12. The molecule has 1 amide bonds. The summed E-state index contributed by atoms with van der Waals surface area (Å²) in [6.07, 6.45) is 3.49. The van der Waals surface area contributed by atoms with E-state index in [1.807, 2.05) is 17.5 Å². The van der Waals surface area contributed by atoms with E-state index in [0.717, 1.165) is 24.2 Å². The molecular weight excluding hydrogens is 361 g/mol. The Morgan fingerprint density at radius 1 is 1.15 bits per heavy atom. The lowest BCUT2D eigenvalue weighted by Gasteiger charge is -2.07. The van der Waals surface area contributed by atoms with Crippen LogP contribution in [-0.4, -0.2) is 5.91 Å². The molecular formula is C22H20FNO2S. The molecule has 0 spiro atoms. The lowest BCUT2D eigenvalue weighted by atomic mass is 10.1. The maximum Gasteiger partial charge on any atom is 0.265 e. The topological polar surface area (TPSA) is 38.3 Å². The standard InChI is InChI=1S/C22H20FNO2S/c1-14-5-7-18(11-20(14)23)24-22(25)21-9-15(13-27-21)12-26-19-8-6-16-3-2-4-17(16)10-19/h5-11,13H,2-4,12H2,1H3,(H,24,25). The number of anilines is 1. The third-order valence-corrected chi connectivity index (χ3v) is 5.76. The molecule has 27 heavy (non-hydrogen) atoms. The maximum atomic E-state index is 13.6. The van der Waals surface area contributed by atoms with E-state index in [4.69, 9.17) is 4.74 Å². The van der Waals surface area contributed by atoms with Gasteiger partial charge in [-0.15, -0.1) is 11.3 Å². The molecule has 0 atom stereocenters. The smallest absolute Gasteiger partial charge is 0.265 e. The zero-order chi connectivity index (χ0) is 18.8. The Labute approximate surface area is 161 Å². The Morgan fingerprint density at radius 3 is 2.85 bits per heavy atom. The second kappa shape index (κ2) is 7.53. The van der Waals surface area contributed by atoms with Crippen molar-refractivity contribution in [3.05, 3.63) is 80.8 Å². The molecule has 0 saturated carbocycles. The first-order valence-electron chi connectivity index (χ1n) is 8.98. The number of rotatable bonds is 5. The monoisotopic (exact) mass is 381 g/mol. The van der Waals surface area contributed by atoms with Gasteiger partial charge in [0.15, 0.2) is 0 Å². The number of hydrogen-bond acceptors (Lipinski definition) is 3. The van der Waals surface area contributed by atoms with E-state index in [-0.39, 0.29) is 11.7 Å². The predicted molar refractivity (Wildman–Crippen MR) is 106 cm³/mol. The van der Waals surface area contributed by atoms with Crippen LogP contribution in [0.5, 0.6) is 5.75 Å². The van der Waals surface area contributed by atoms with E-state index >= 15 is 0 Å². The molecule has 1 N–H and O–H groups in total. The van der Waals surface area contributed by atoms with Crippen LogP contribution in [-0.2, 0) is 19.4 Å². The third kappa shape index (κ3) is 4.03. The first-order valence-corrected chi connectivity index (χ1v) is 9.86. The fraction of sp³-hybridized carbons (Fsp3) is 0.227. The normalized spacial score (nSPS) is 12.7. The SMILES string of the molecule is Cc1ccc(NC(=O)c2cc(COc3ccc4c(c3)CCC4)cs2)cc1F. The number of benzene rings is 2. The molecule has 2 aromatic carbocycles. The van der Waals surface area contributed by atoms with Crippen molar-refractivity contribution in [3.8, 4) is 5.75 Å². The highest BCUT2D eigenvalue weighted by Gasteiger charge is 2.13. The van der Waals surface area contributed by atoms with Gasteiger partial charge in [-0.25, -0.2) is 4.39 Å². The number of thiophene rings is 1. The van der Waals surface area contributed by atoms with Gasteiger partial charge in [-0.2, -0.15) is 0 Å². The zero-order valence-electron chi connectivity index (χ0n) is 15.0. The molecule has 1 heterocycles. The maximum absolute atomic E-state index is 13.6. The largest absolute Gasteiger partial charge is 0.489 e. The Balaban J connectivity index is 1.37. The fourth-order valence-electron chi connectivity index (χ4n) is 3.24. The van der Waals surface area contributed by atoms with Crippen LogP contribution >= 0.6 is 11.3 Å². The molecule has 0 radical (unpaired) electrons. The molecule has 3 aromatic rings. The summed E-state index contributed by atoms with van der Waals surface area (Å²) in [6, 6.07) is 12.8. The van der Waals surface area contributed by atoms with Crippen molar-refractivity contribution in [1.82, 2.24) is 0 Å². The number of amides is 1. The molecule has 5 heteroatoms. The molecule has 0 saturated heterocycles. The minimum absolute atomic E-state index is 0.243. The number of carbonyl (C=O) groups excluding carboxylic acids is 1. The summed E-state index contributed by atoms with van der Waals surface area (Å²) in [4.78, 5) is 12.9. The molecule has 1 aliphatic rings. The van der Waals surface area contributed by atoms with Gasteiger partial charge in [0.2, 0.25) is 0 Å². The molecule has 0 unspecified atom stereocenters. The molecule has 3 nitrogen and oxygen atoms in total. The number of aryl methyl sites for hydroxylation is 3. The molecule has 4 rings (SSSR count). The summed E-state index contributed by atoms with van der Waals surface area (Å²) in [5.74, 6) is 0.289. The predicted octanol–water partition coefficient (Wildman–Crippen LogP) is 5.52. The van der Waals surface area contributed by atoms with Gasteiger partial charge in [0.05, 0.1) is 4.88 Å². The van der Waals surface area contributed by atoms with Crippen LogP contribution < -0.4 is 10.1 Å². The van der Waals surface area contributed by atoms with E-state index in [1.54, 1.807) is 19.1 Å². The Bertz CT molecular complexity index is 996. The van der Waals surface area contributed by atoms with E-state index in [9.17, 15) is 9.18 Å². The minimum atomic E-state index is -0.331. The minimum Gasteiger partial charge on any atom is -0.489 e. The van der Waals surface area contributed by atoms with E-state index in [0.29, 0.717) is 22.7 Å². The number of halogens is 1. The van der Waals surface area contributed by atoms with Crippen LogP contribution in [0.4, 0.5) is 10.1 Å². The van der Waals surface area contributed by atoms with Crippen molar-refractivity contribution in [2.24, 2.45) is 0 Å². The number of carbonyl (C=O) groups is 1. The van der Waals surface area contributed by atoms with E-state index in [2.05, 4.69) is 17.4 Å². The fourth-order valence-corrected chi connectivity index (χ4v) is 4.03. The Morgan fingerprint density at radius 2 is 2.00 bits per heavy atom. The molecule has 0 fully saturated rings. The Kier molecular flexibility index (Phi) is 4.94. The van der Waals surface area contributed by atoms with Gasteiger partial charge in [-0.05, 0) is 78.6 Å². The van der Waals surface area contributed by atoms with Crippen LogP contribution in [0.2, 0.25) is 0 Å². The van der Waals surface area contributed by atoms with Crippen LogP contribution in [0.25, 0.3) is 0 Å². The number of ether oxygens (including phenoxy) is 1. The molecule has 1 aromatic heterocycles. The van der Waals surface area contributed by atoms with Gasteiger partial charge in [-0.3, -0.25) is 4.79 Å².